The number of hydrogen-bond donors (Lipinski definition) is 1. The number of hydrogen-bond acceptors (Lipinski definition) is 1. The lowest BCUT2D eigenvalue weighted by molar-refractivity contribution is 0.598. The van der Waals surface area contributed by atoms with Gasteiger partial charge in [0.15, 0.2) is 0 Å². The van der Waals surface area contributed by atoms with Crippen molar-refractivity contribution >= 4 is 11.0 Å². The lowest BCUT2D eigenvalue weighted by atomic mass is 10.1. The highest BCUT2D eigenvalue weighted by atomic mass is 32.2. The van der Waals surface area contributed by atoms with Crippen LogP contribution in [0.5, 0.6) is 0 Å². The number of rotatable bonds is 5. The van der Waals surface area contributed by atoms with Gasteiger partial charge in [0.05, 0.1) is 15.7 Å². The molecule has 0 aliphatic carbocycles. The first-order valence-corrected chi connectivity index (χ1v) is 7.04. The molecule has 0 saturated heterocycles. The predicted molar refractivity (Wildman–Crippen MR) is 75.0 cm³/mol. The van der Waals surface area contributed by atoms with Gasteiger partial charge in [-0.25, -0.2) is 13.3 Å². The van der Waals surface area contributed by atoms with Crippen LogP contribution in [0.2, 0.25) is 0 Å². The van der Waals surface area contributed by atoms with E-state index in [9.17, 15) is 8.60 Å². The SMILES string of the molecule is C=CC[C@@H](NS(=O)C(C)(C)C)c1ccc(F)cc1. The third kappa shape index (κ3) is 4.35. The van der Waals surface area contributed by atoms with Gasteiger partial charge in [0.25, 0.3) is 0 Å². The normalized spacial score (nSPS) is 15.1. The minimum atomic E-state index is -1.17. The summed E-state index contributed by atoms with van der Waals surface area (Å²) in [4.78, 5) is 0. The Morgan fingerprint density at radius 3 is 2.39 bits per heavy atom. The summed E-state index contributed by atoms with van der Waals surface area (Å²) in [5.41, 5.74) is 0.911. The van der Waals surface area contributed by atoms with Crippen LogP contribution in [0.25, 0.3) is 0 Å². The second kappa shape index (κ2) is 6.25. The summed E-state index contributed by atoms with van der Waals surface area (Å²) in [6, 6.07) is 6.12. The molecule has 1 unspecified atom stereocenters. The fourth-order valence-corrected chi connectivity index (χ4v) is 2.26. The van der Waals surface area contributed by atoms with Gasteiger partial charge >= 0.3 is 0 Å². The van der Waals surface area contributed by atoms with E-state index in [2.05, 4.69) is 11.3 Å². The van der Waals surface area contributed by atoms with Crippen LogP contribution < -0.4 is 4.72 Å². The molecule has 0 spiro atoms. The van der Waals surface area contributed by atoms with Crippen molar-refractivity contribution in [3.05, 3.63) is 48.3 Å². The van der Waals surface area contributed by atoms with E-state index in [0.29, 0.717) is 6.42 Å². The molecule has 0 saturated carbocycles. The number of benzene rings is 1. The molecule has 0 fully saturated rings. The molecule has 0 aliphatic heterocycles. The summed E-state index contributed by atoms with van der Waals surface area (Å²) in [6.07, 6.45) is 2.41. The van der Waals surface area contributed by atoms with Gasteiger partial charge in [-0.3, -0.25) is 0 Å². The Morgan fingerprint density at radius 2 is 1.94 bits per heavy atom. The molecule has 4 heteroatoms. The predicted octanol–water partition coefficient (Wildman–Crippen LogP) is 3.49. The third-order valence-electron chi connectivity index (χ3n) is 2.48. The lowest BCUT2D eigenvalue weighted by Gasteiger charge is -2.23. The van der Waals surface area contributed by atoms with Crippen LogP contribution in [0.4, 0.5) is 4.39 Å². The van der Waals surface area contributed by atoms with Gasteiger partial charge in [-0.2, -0.15) is 0 Å². The molecular formula is C14H20FNOS. The van der Waals surface area contributed by atoms with Crippen molar-refractivity contribution in [2.45, 2.75) is 38.0 Å². The van der Waals surface area contributed by atoms with Gasteiger partial charge in [0, 0.05) is 6.04 Å². The van der Waals surface area contributed by atoms with Gasteiger partial charge < -0.3 is 0 Å². The smallest absolute Gasteiger partial charge is 0.123 e. The minimum Gasteiger partial charge on any atom is -0.242 e. The third-order valence-corrected chi connectivity index (χ3v) is 4.09. The molecule has 1 aromatic carbocycles. The molecule has 0 bridgehead atoms. The second-order valence-corrected chi connectivity index (χ2v) is 7.13. The van der Waals surface area contributed by atoms with Crippen LogP contribution in [0.15, 0.2) is 36.9 Å². The Hall–Kier alpha value is -1.00. The molecule has 0 heterocycles. The molecule has 0 radical (unpaired) electrons. The monoisotopic (exact) mass is 269 g/mol. The van der Waals surface area contributed by atoms with E-state index >= 15 is 0 Å². The summed E-state index contributed by atoms with van der Waals surface area (Å²) in [7, 11) is -1.17. The Balaban J connectivity index is 2.86. The first kappa shape index (κ1) is 15.1. The molecule has 100 valence electrons. The Kier molecular flexibility index (Phi) is 5.23. The average molecular weight is 269 g/mol. The Labute approximate surface area is 111 Å². The molecule has 1 N–H and O–H groups in total. The summed E-state index contributed by atoms with van der Waals surface area (Å²) >= 11 is 0. The Morgan fingerprint density at radius 1 is 1.39 bits per heavy atom. The highest BCUT2D eigenvalue weighted by Crippen LogP contribution is 2.21. The van der Waals surface area contributed by atoms with Crippen molar-refractivity contribution in [2.75, 3.05) is 0 Å². The van der Waals surface area contributed by atoms with E-state index in [4.69, 9.17) is 0 Å². The van der Waals surface area contributed by atoms with Crippen LogP contribution in [0, 0.1) is 5.82 Å². The Bertz CT molecular complexity index is 422. The van der Waals surface area contributed by atoms with E-state index in [0.717, 1.165) is 5.56 Å². The zero-order valence-electron chi connectivity index (χ0n) is 11.1. The van der Waals surface area contributed by atoms with Crippen molar-refractivity contribution in [3.8, 4) is 0 Å². The molecule has 2 nitrogen and oxygen atoms in total. The van der Waals surface area contributed by atoms with Crippen molar-refractivity contribution in [1.82, 2.24) is 4.72 Å². The fraction of sp³-hybridized carbons (Fsp3) is 0.429. The highest BCUT2D eigenvalue weighted by molar-refractivity contribution is 7.84. The molecule has 0 amide bonds. The second-order valence-electron chi connectivity index (χ2n) is 5.13. The van der Waals surface area contributed by atoms with Crippen molar-refractivity contribution < 1.29 is 8.60 Å². The molecule has 0 aliphatic rings. The maximum atomic E-state index is 12.9. The zero-order valence-corrected chi connectivity index (χ0v) is 11.9. The van der Waals surface area contributed by atoms with E-state index < -0.39 is 11.0 Å². The molecule has 1 rings (SSSR count). The van der Waals surface area contributed by atoms with Crippen LogP contribution in [0.3, 0.4) is 0 Å². The quantitative estimate of drug-likeness (QED) is 0.814. The molecule has 0 aromatic heterocycles. The largest absolute Gasteiger partial charge is 0.242 e. The van der Waals surface area contributed by atoms with E-state index in [1.165, 1.54) is 12.1 Å². The van der Waals surface area contributed by atoms with Crippen molar-refractivity contribution in [1.29, 1.82) is 0 Å². The van der Waals surface area contributed by atoms with Gasteiger partial charge in [-0.15, -0.1) is 6.58 Å². The number of halogens is 1. The van der Waals surface area contributed by atoms with Crippen LogP contribution in [0.1, 0.15) is 38.8 Å². The van der Waals surface area contributed by atoms with Crippen LogP contribution >= 0.6 is 0 Å². The minimum absolute atomic E-state index is 0.108. The maximum absolute atomic E-state index is 12.9. The summed E-state index contributed by atoms with van der Waals surface area (Å²) in [6.45, 7) is 9.43. The van der Waals surface area contributed by atoms with Gasteiger partial charge in [0.2, 0.25) is 0 Å². The van der Waals surface area contributed by atoms with Crippen molar-refractivity contribution in [2.24, 2.45) is 0 Å². The molecule has 18 heavy (non-hydrogen) atoms. The average Bonchev–Trinajstić information content (AvgIpc) is 2.28. The maximum Gasteiger partial charge on any atom is 0.123 e. The first-order valence-electron chi connectivity index (χ1n) is 5.89. The fourth-order valence-electron chi connectivity index (χ4n) is 1.42. The van der Waals surface area contributed by atoms with E-state index in [1.807, 2.05) is 20.8 Å². The standard InChI is InChI=1S/C14H20FNOS/c1-5-6-13(16-18(17)14(2,3)4)11-7-9-12(15)10-8-11/h5,7-10,13,16H,1,6H2,2-4H3/t13-,18?/m1/s1. The summed E-state index contributed by atoms with van der Waals surface area (Å²) in [5.74, 6) is -0.270. The summed E-state index contributed by atoms with van der Waals surface area (Å²) < 4.78 is 27.7. The van der Waals surface area contributed by atoms with E-state index in [1.54, 1.807) is 18.2 Å². The van der Waals surface area contributed by atoms with Gasteiger partial charge in [-0.1, -0.05) is 18.2 Å². The van der Waals surface area contributed by atoms with Crippen LogP contribution in [-0.2, 0) is 11.0 Å². The summed E-state index contributed by atoms with van der Waals surface area (Å²) in [5, 5.41) is 0. The topological polar surface area (TPSA) is 29.1 Å². The van der Waals surface area contributed by atoms with Gasteiger partial charge in [-0.05, 0) is 44.9 Å². The molecular weight excluding hydrogens is 249 g/mol. The van der Waals surface area contributed by atoms with Crippen molar-refractivity contribution in [3.63, 3.8) is 0 Å². The lowest BCUT2D eigenvalue weighted by Crippen LogP contribution is -2.35. The molecule has 2 atom stereocenters. The number of nitrogens with one attached hydrogen (secondary N) is 1. The first-order chi connectivity index (χ1) is 8.34. The highest BCUT2D eigenvalue weighted by Gasteiger charge is 2.23. The van der Waals surface area contributed by atoms with Gasteiger partial charge in [0.1, 0.15) is 5.82 Å². The van der Waals surface area contributed by atoms with E-state index in [-0.39, 0.29) is 16.6 Å². The molecule has 1 aromatic rings. The zero-order chi connectivity index (χ0) is 13.8. The van der Waals surface area contributed by atoms with Crippen LogP contribution in [-0.4, -0.2) is 8.96 Å².